The Morgan fingerprint density at radius 3 is 2.36 bits per heavy atom. The molecule has 4 N–H and O–H groups in total. The molecule has 1 aliphatic heterocycles. The Morgan fingerprint density at radius 2 is 1.73 bits per heavy atom. The number of non-ortho nitro benzene ring substituents is 1. The predicted octanol–water partition coefficient (Wildman–Crippen LogP) is 0.350. The van der Waals surface area contributed by atoms with E-state index in [-0.39, 0.29) is 34.4 Å². The van der Waals surface area contributed by atoms with Crippen molar-refractivity contribution in [3.63, 3.8) is 0 Å². The number of rotatable bonds is 2. The zero-order valence-corrected chi connectivity index (χ0v) is 10.9. The van der Waals surface area contributed by atoms with Crippen molar-refractivity contribution in [3.05, 3.63) is 45.5 Å². The number of anilines is 3. The van der Waals surface area contributed by atoms with Crippen molar-refractivity contribution in [3.8, 4) is 0 Å². The Bertz CT molecular complexity index is 829. The summed E-state index contributed by atoms with van der Waals surface area (Å²) >= 11 is 0. The van der Waals surface area contributed by atoms with Crippen LogP contribution in [0.4, 0.5) is 23.3 Å². The molecule has 0 aliphatic carbocycles. The summed E-state index contributed by atoms with van der Waals surface area (Å²) in [6.45, 7) is 0. The minimum atomic E-state index is -0.735. The van der Waals surface area contributed by atoms with Crippen molar-refractivity contribution in [2.45, 2.75) is 0 Å². The number of hydrogen-bond acceptors (Lipinski definition) is 8. The fourth-order valence-corrected chi connectivity index (χ4v) is 2.14. The van der Waals surface area contributed by atoms with E-state index in [1.54, 1.807) is 0 Å². The lowest BCUT2D eigenvalue weighted by Crippen LogP contribution is -2.30. The molecule has 0 atom stereocenters. The lowest BCUT2D eigenvalue weighted by atomic mass is 10.1. The van der Waals surface area contributed by atoms with Gasteiger partial charge in [-0.2, -0.15) is 9.97 Å². The second-order valence-corrected chi connectivity index (χ2v) is 4.44. The van der Waals surface area contributed by atoms with Crippen molar-refractivity contribution in [2.75, 3.05) is 16.4 Å². The third kappa shape index (κ3) is 1.90. The minimum absolute atomic E-state index is 0.00923. The van der Waals surface area contributed by atoms with Crippen molar-refractivity contribution in [2.24, 2.45) is 0 Å². The van der Waals surface area contributed by atoms with Gasteiger partial charge in [0.15, 0.2) is 0 Å². The second-order valence-electron chi connectivity index (χ2n) is 4.44. The first-order chi connectivity index (χ1) is 10.4. The van der Waals surface area contributed by atoms with Gasteiger partial charge in [0.05, 0.1) is 16.1 Å². The van der Waals surface area contributed by atoms with Crippen LogP contribution in [0.2, 0.25) is 0 Å². The highest BCUT2D eigenvalue weighted by molar-refractivity contribution is 6.34. The largest absolute Gasteiger partial charge is 0.383 e. The first-order valence-corrected chi connectivity index (χ1v) is 5.95. The summed E-state index contributed by atoms with van der Waals surface area (Å²) in [6, 6.07) is 4.63. The van der Waals surface area contributed by atoms with Crippen molar-refractivity contribution >= 4 is 35.1 Å². The Morgan fingerprint density at radius 1 is 1.05 bits per heavy atom. The summed E-state index contributed by atoms with van der Waals surface area (Å²) in [5.41, 5.74) is 10.6. The Hall–Kier alpha value is -3.56. The van der Waals surface area contributed by atoms with Gasteiger partial charge < -0.3 is 11.5 Å². The highest BCUT2D eigenvalue weighted by Gasteiger charge is 2.38. The molecule has 110 valence electrons. The summed E-state index contributed by atoms with van der Waals surface area (Å²) in [7, 11) is 0. The van der Waals surface area contributed by atoms with Gasteiger partial charge in [0, 0.05) is 18.2 Å². The Labute approximate surface area is 122 Å². The summed E-state index contributed by atoms with van der Waals surface area (Å²) in [6.07, 6.45) is 0. The summed E-state index contributed by atoms with van der Waals surface area (Å²) in [5.74, 6) is -1.69. The highest BCUT2D eigenvalue weighted by atomic mass is 16.6. The number of fused-ring (bicyclic) bond motifs is 1. The van der Waals surface area contributed by atoms with Crippen LogP contribution in [0.1, 0.15) is 20.7 Å². The standard InChI is InChI=1S/C12H8N6O4/c13-8-4-9(16-12(14)15-8)17-10(19)6-2-1-5(18(21)22)3-7(6)11(17)20/h1-4H,(H4,13,14,15,16). The molecule has 1 aliphatic rings. The molecule has 0 spiro atoms. The molecule has 0 saturated heterocycles. The van der Waals surface area contributed by atoms with Crippen molar-refractivity contribution < 1.29 is 14.5 Å². The molecule has 10 heteroatoms. The van der Waals surface area contributed by atoms with Gasteiger partial charge in [-0.25, -0.2) is 4.90 Å². The number of benzene rings is 1. The zero-order valence-electron chi connectivity index (χ0n) is 10.9. The first kappa shape index (κ1) is 13.4. The summed E-state index contributed by atoms with van der Waals surface area (Å²) in [4.78, 5) is 43.0. The number of amides is 2. The van der Waals surface area contributed by atoms with E-state index < -0.39 is 16.7 Å². The Kier molecular flexibility index (Phi) is 2.73. The van der Waals surface area contributed by atoms with Gasteiger partial charge in [-0.05, 0) is 6.07 Å². The maximum atomic E-state index is 12.3. The smallest absolute Gasteiger partial charge is 0.270 e. The number of nitro benzene ring substituents is 1. The van der Waals surface area contributed by atoms with Gasteiger partial charge in [-0.15, -0.1) is 0 Å². The molecule has 2 amide bonds. The maximum Gasteiger partial charge on any atom is 0.270 e. The molecule has 2 heterocycles. The molecule has 1 aromatic heterocycles. The molecule has 1 aromatic carbocycles. The first-order valence-electron chi connectivity index (χ1n) is 5.95. The van der Waals surface area contributed by atoms with Crippen LogP contribution in [0, 0.1) is 10.1 Å². The van der Waals surface area contributed by atoms with Crippen LogP contribution in [0.3, 0.4) is 0 Å². The molecule has 3 rings (SSSR count). The SMILES string of the molecule is Nc1cc(N2C(=O)c3ccc([N+](=O)[O-])cc3C2=O)nc(N)n1. The van der Waals surface area contributed by atoms with Crippen molar-refractivity contribution in [1.82, 2.24) is 9.97 Å². The number of nitro groups is 1. The van der Waals surface area contributed by atoms with Crippen molar-refractivity contribution in [1.29, 1.82) is 0 Å². The quantitative estimate of drug-likeness (QED) is 0.456. The van der Waals surface area contributed by atoms with E-state index in [1.165, 1.54) is 12.1 Å². The number of carbonyl (C=O) groups excluding carboxylic acids is 2. The van der Waals surface area contributed by atoms with Gasteiger partial charge in [0.2, 0.25) is 5.95 Å². The second kappa shape index (κ2) is 4.48. The average molecular weight is 300 g/mol. The van der Waals surface area contributed by atoms with Gasteiger partial charge in [-0.3, -0.25) is 19.7 Å². The number of carbonyl (C=O) groups is 2. The summed E-state index contributed by atoms with van der Waals surface area (Å²) < 4.78 is 0. The number of nitrogens with zero attached hydrogens (tertiary/aromatic N) is 4. The molecule has 0 fully saturated rings. The van der Waals surface area contributed by atoms with Gasteiger partial charge >= 0.3 is 0 Å². The van der Waals surface area contributed by atoms with E-state index in [9.17, 15) is 19.7 Å². The monoisotopic (exact) mass is 300 g/mol. The molecule has 0 unspecified atom stereocenters. The molecule has 0 bridgehead atoms. The van der Waals surface area contributed by atoms with Crippen LogP contribution in [0.5, 0.6) is 0 Å². The van der Waals surface area contributed by atoms with Crippen LogP contribution in [-0.4, -0.2) is 26.7 Å². The van der Waals surface area contributed by atoms with Gasteiger partial charge in [-0.1, -0.05) is 0 Å². The van der Waals surface area contributed by atoms with E-state index in [0.717, 1.165) is 17.0 Å². The number of hydrogen-bond donors (Lipinski definition) is 2. The number of aromatic nitrogens is 2. The molecule has 22 heavy (non-hydrogen) atoms. The maximum absolute atomic E-state index is 12.3. The summed E-state index contributed by atoms with van der Waals surface area (Å²) in [5, 5.41) is 10.8. The van der Waals surface area contributed by atoms with E-state index in [4.69, 9.17) is 11.5 Å². The average Bonchev–Trinajstić information content (AvgIpc) is 2.69. The minimum Gasteiger partial charge on any atom is -0.383 e. The molecular formula is C12H8N6O4. The fraction of sp³-hybridized carbons (Fsp3) is 0. The predicted molar refractivity (Wildman–Crippen MR) is 75.1 cm³/mol. The number of nitrogens with two attached hydrogens (primary N) is 2. The van der Waals surface area contributed by atoms with E-state index >= 15 is 0 Å². The molecule has 10 nitrogen and oxygen atoms in total. The molecular weight excluding hydrogens is 292 g/mol. The Balaban J connectivity index is 2.12. The van der Waals surface area contributed by atoms with Gasteiger partial charge in [0.1, 0.15) is 11.6 Å². The fourth-order valence-electron chi connectivity index (χ4n) is 2.14. The van der Waals surface area contributed by atoms with E-state index in [0.29, 0.717) is 0 Å². The number of nitrogen functional groups attached to an aromatic ring is 2. The van der Waals surface area contributed by atoms with E-state index in [1.807, 2.05) is 0 Å². The van der Waals surface area contributed by atoms with Crippen LogP contribution < -0.4 is 16.4 Å². The van der Waals surface area contributed by atoms with Gasteiger partial charge in [0.25, 0.3) is 17.5 Å². The lowest BCUT2D eigenvalue weighted by molar-refractivity contribution is -0.384. The topological polar surface area (TPSA) is 158 Å². The normalized spacial score (nSPS) is 13.4. The molecule has 2 aromatic rings. The molecule has 0 radical (unpaired) electrons. The lowest BCUT2D eigenvalue weighted by Gasteiger charge is -2.13. The van der Waals surface area contributed by atoms with E-state index in [2.05, 4.69) is 9.97 Å². The number of imide groups is 1. The zero-order chi connectivity index (χ0) is 16.0. The van der Waals surface area contributed by atoms with Crippen LogP contribution >= 0.6 is 0 Å². The van der Waals surface area contributed by atoms with Crippen LogP contribution in [-0.2, 0) is 0 Å². The highest BCUT2D eigenvalue weighted by Crippen LogP contribution is 2.30. The molecule has 0 saturated carbocycles. The van der Waals surface area contributed by atoms with Crippen LogP contribution in [0.15, 0.2) is 24.3 Å². The van der Waals surface area contributed by atoms with Crippen LogP contribution in [0.25, 0.3) is 0 Å². The third-order valence-electron chi connectivity index (χ3n) is 3.06. The third-order valence-corrected chi connectivity index (χ3v) is 3.06.